The summed E-state index contributed by atoms with van der Waals surface area (Å²) in [5.74, 6) is -0.325. The van der Waals surface area contributed by atoms with E-state index in [1.807, 2.05) is 31.2 Å². The minimum absolute atomic E-state index is 0.115. The lowest BCUT2D eigenvalue weighted by atomic mass is 10.2. The zero-order valence-corrected chi connectivity index (χ0v) is 12.7. The molecule has 0 bridgehead atoms. The highest BCUT2D eigenvalue weighted by molar-refractivity contribution is 9.10. The van der Waals surface area contributed by atoms with Gasteiger partial charge in [0.2, 0.25) is 0 Å². The molecule has 1 unspecified atom stereocenters. The number of hydrogen-bond acceptors (Lipinski definition) is 2. The van der Waals surface area contributed by atoms with E-state index in [-0.39, 0.29) is 11.7 Å². The van der Waals surface area contributed by atoms with E-state index in [0.29, 0.717) is 5.76 Å². The van der Waals surface area contributed by atoms with E-state index in [2.05, 4.69) is 21.2 Å². The monoisotopic (exact) mass is 351 g/mol. The van der Waals surface area contributed by atoms with Crippen LogP contribution in [-0.4, -0.2) is 0 Å². The standard InChI is InChI=1S/C16H12BrF2NO/c1-9(20-14-8-12(18)3-4-13(14)19)16-7-10-6-11(17)2-5-15(10)21-16/h2-9,20H,1H3. The third-order valence-electron chi connectivity index (χ3n) is 3.22. The summed E-state index contributed by atoms with van der Waals surface area (Å²) in [6.07, 6.45) is 0. The molecule has 0 saturated heterocycles. The van der Waals surface area contributed by atoms with E-state index >= 15 is 0 Å². The van der Waals surface area contributed by atoms with E-state index in [1.165, 1.54) is 0 Å². The molecular formula is C16H12BrF2NO. The van der Waals surface area contributed by atoms with Gasteiger partial charge in [0.1, 0.15) is 23.0 Å². The first-order valence-corrected chi connectivity index (χ1v) is 7.23. The van der Waals surface area contributed by atoms with Crippen LogP contribution in [0.4, 0.5) is 14.5 Å². The lowest BCUT2D eigenvalue weighted by Gasteiger charge is -2.13. The normalized spacial score (nSPS) is 12.6. The smallest absolute Gasteiger partial charge is 0.146 e. The van der Waals surface area contributed by atoms with Crippen LogP contribution in [-0.2, 0) is 0 Å². The molecule has 0 amide bonds. The van der Waals surface area contributed by atoms with Gasteiger partial charge in [0.05, 0.1) is 11.7 Å². The van der Waals surface area contributed by atoms with Crippen molar-refractivity contribution in [2.24, 2.45) is 0 Å². The first kappa shape index (κ1) is 14.1. The summed E-state index contributed by atoms with van der Waals surface area (Å²) in [4.78, 5) is 0. The summed E-state index contributed by atoms with van der Waals surface area (Å²) >= 11 is 3.40. The van der Waals surface area contributed by atoms with Crippen molar-refractivity contribution in [2.45, 2.75) is 13.0 Å². The topological polar surface area (TPSA) is 25.2 Å². The van der Waals surface area contributed by atoms with Crippen LogP contribution in [0.15, 0.2) is 51.4 Å². The Morgan fingerprint density at radius 1 is 1.10 bits per heavy atom. The van der Waals surface area contributed by atoms with E-state index in [4.69, 9.17) is 4.42 Å². The Hall–Kier alpha value is -1.88. The first-order valence-electron chi connectivity index (χ1n) is 6.43. The van der Waals surface area contributed by atoms with Gasteiger partial charge in [0, 0.05) is 9.86 Å². The van der Waals surface area contributed by atoms with Gasteiger partial charge in [-0.15, -0.1) is 0 Å². The molecule has 3 rings (SSSR count). The maximum Gasteiger partial charge on any atom is 0.146 e. The molecular weight excluding hydrogens is 340 g/mol. The summed E-state index contributed by atoms with van der Waals surface area (Å²) < 4.78 is 33.5. The van der Waals surface area contributed by atoms with E-state index < -0.39 is 11.6 Å². The number of furan rings is 1. The SMILES string of the molecule is CC(Nc1cc(F)ccc1F)c1cc2cc(Br)ccc2o1. The van der Waals surface area contributed by atoms with Crippen LogP contribution in [0.3, 0.4) is 0 Å². The van der Waals surface area contributed by atoms with Gasteiger partial charge in [-0.3, -0.25) is 0 Å². The van der Waals surface area contributed by atoms with Crippen molar-refractivity contribution in [2.75, 3.05) is 5.32 Å². The fraction of sp³-hybridized carbons (Fsp3) is 0.125. The molecule has 0 aliphatic rings. The van der Waals surface area contributed by atoms with Crippen molar-refractivity contribution < 1.29 is 13.2 Å². The largest absolute Gasteiger partial charge is 0.459 e. The molecule has 0 spiro atoms. The van der Waals surface area contributed by atoms with E-state index in [1.54, 1.807) is 0 Å². The highest BCUT2D eigenvalue weighted by Crippen LogP contribution is 2.29. The molecule has 1 N–H and O–H groups in total. The van der Waals surface area contributed by atoms with Gasteiger partial charge in [-0.2, -0.15) is 0 Å². The number of rotatable bonds is 3. The average Bonchev–Trinajstić information content (AvgIpc) is 2.86. The van der Waals surface area contributed by atoms with Crippen LogP contribution >= 0.6 is 15.9 Å². The van der Waals surface area contributed by atoms with Gasteiger partial charge in [-0.05, 0) is 49.4 Å². The fourth-order valence-corrected chi connectivity index (χ4v) is 2.54. The number of halogens is 3. The van der Waals surface area contributed by atoms with Crippen LogP contribution in [0.2, 0.25) is 0 Å². The lowest BCUT2D eigenvalue weighted by molar-refractivity contribution is 0.523. The number of benzene rings is 2. The van der Waals surface area contributed by atoms with Crippen molar-refractivity contribution in [3.8, 4) is 0 Å². The molecule has 0 aliphatic carbocycles. The molecule has 5 heteroatoms. The van der Waals surface area contributed by atoms with Gasteiger partial charge >= 0.3 is 0 Å². The van der Waals surface area contributed by atoms with Crippen LogP contribution in [0.1, 0.15) is 18.7 Å². The summed E-state index contributed by atoms with van der Waals surface area (Å²) in [6, 6.07) is 10.6. The summed E-state index contributed by atoms with van der Waals surface area (Å²) in [5.41, 5.74) is 0.866. The van der Waals surface area contributed by atoms with Crippen molar-refractivity contribution in [3.63, 3.8) is 0 Å². The molecule has 1 atom stereocenters. The van der Waals surface area contributed by atoms with Gasteiger partial charge in [-0.25, -0.2) is 8.78 Å². The molecule has 0 radical (unpaired) electrons. The van der Waals surface area contributed by atoms with Crippen molar-refractivity contribution in [1.29, 1.82) is 0 Å². The Balaban J connectivity index is 1.89. The molecule has 108 valence electrons. The first-order chi connectivity index (χ1) is 10.0. The molecule has 1 aromatic heterocycles. The molecule has 3 aromatic rings. The molecule has 0 aliphatic heterocycles. The molecule has 21 heavy (non-hydrogen) atoms. The quantitative estimate of drug-likeness (QED) is 0.659. The van der Waals surface area contributed by atoms with Gasteiger partial charge < -0.3 is 9.73 Å². The van der Waals surface area contributed by atoms with E-state index in [9.17, 15) is 8.78 Å². The predicted octanol–water partition coefficient (Wildman–Crippen LogP) is 5.65. The molecule has 0 saturated carbocycles. The molecule has 1 heterocycles. The minimum atomic E-state index is -0.498. The van der Waals surface area contributed by atoms with E-state index in [0.717, 1.165) is 33.6 Å². The number of fused-ring (bicyclic) bond motifs is 1. The minimum Gasteiger partial charge on any atom is -0.459 e. The maximum absolute atomic E-state index is 13.6. The Labute approximate surface area is 128 Å². The van der Waals surface area contributed by atoms with Gasteiger partial charge in [-0.1, -0.05) is 15.9 Å². The average molecular weight is 352 g/mol. The summed E-state index contributed by atoms with van der Waals surface area (Å²) in [7, 11) is 0. The van der Waals surface area contributed by atoms with Crippen LogP contribution in [0.5, 0.6) is 0 Å². The fourth-order valence-electron chi connectivity index (χ4n) is 2.16. The second-order valence-electron chi connectivity index (χ2n) is 4.82. The zero-order chi connectivity index (χ0) is 15.0. The summed E-state index contributed by atoms with van der Waals surface area (Å²) in [6.45, 7) is 1.83. The van der Waals surface area contributed by atoms with Gasteiger partial charge in [0.15, 0.2) is 0 Å². The van der Waals surface area contributed by atoms with Crippen LogP contribution in [0.25, 0.3) is 11.0 Å². The Kier molecular flexibility index (Phi) is 3.68. The lowest BCUT2D eigenvalue weighted by Crippen LogP contribution is -2.07. The van der Waals surface area contributed by atoms with Crippen LogP contribution < -0.4 is 5.32 Å². The number of anilines is 1. The number of nitrogens with one attached hydrogen (secondary N) is 1. The Bertz CT molecular complexity index is 800. The second-order valence-corrected chi connectivity index (χ2v) is 5.74. The second kappa shape index (κ2) is 5.48. The Morgan fingerprint density at radius 3 is 2.71 bits per heavy atom. The Morgan fingerprint density at radius 2 is 1.90 bits per heavy atom. The summed E-state index contributed by atoms with van der Waals surface area (Å²) in [5, 5.41) is 3.87. The number of hydrogen-bond donors (Lipinski definition) is 1. The maximum atomic E-state index is 13.6. The van der Waals surface area contributed by atoms with Crippen molar-refractivity contribution in [1.82, 2.24) is 0 Å². The highest BCUT2D eigenvalue weighted by atomic mass is 79.9. The highest BCUT2D eigenvalue weighted by Gasteiger charge is 2.14. The van der Waals surface area contributed by atoms with Crippen molar-refractivity contribution >= 4 is 32.6 Å². The molecule has 0 fully saturated rings. The zero-order valence-electron chi connectivity index (χ0n) is 11.2. The third-order valence-corrected chi connectivity index (χ3v) is 3.72. The molecule has 2 aromatic carbocycles. The van der Waals surface area contributed by atoms with Crippen LogP contribution in [0, 0.1) is 11.6 Å². The van der Waals surface area contributed by atoms with Crippen molar-refractivity contribution in [3.05, 3.63) is 64.3 Å². The third kappa shape index (κ3) is 2.93. The molecule has 2 nitrogen and oxygen atoms in total. The van der Waals surface area contributed by atoms with Gasteiger partial charge in [0.25, 0.3) is 0 Å². The predicted molar refractivity (Wildman–Crippen MR) is 82.3 cm³/mol.